The number of hydrogen-bond acceptors (Lipinski definition) is 4. The number of imidazole rings is 1. The van der Waals surface area contributed by atoms with Gasteiger partial charge in [-0.15, -0.1) is 0 Å². The maximum Gasteiger partial charge on any atom is 0.240 e. The summed E-state index contributed by atoms with van der Waals surface area (Å²) >= 11 is 0. The van der Waals surface area contributed by atoms with Gasteiger partial charge in [-0.25, -0.2) is 4.98 Å². The van der Waals surface area contributed by atoms with Crippen molar-refractivity contribution in [2.45, 2.75) is 25.9 Å². The lowest BCUT2D eigenvalue weighted by atomic mass is 10.1. The number of carbonyl (C=O) groups is 1. The van der Waals surface area contributed by atoms with Crippen LogP contribution >= 0.6 is 0 Å². The summed E-state index contributed by atoms with van der Waals surface area (Å²) in [5.74, 6) is 0.623. The molecule has 0 spiro atoms. The van der Waals surface area contributed by atoms with Crippen LogP contribution in [0.2, 0.25) is 0 Å². The molecular formula is C22H21N5O. The normalized spacial score (nSPS) is 12.0. The van der Waals surface area contributed by atoms with Crippen LogP contribution in [-0.4, -0.2) is 31.5 Å². The van der Waals surface area contributed by atoms with Gasteiger partial charge < -0.3 is 9.88 Å². The topological polar surface area (TPSA) is 72.7 Å². The molecule has 1 atom stereocenters. The molecule has 140 valence electrons. The SMILES string of the molecule is CC(Cc1ccccn1)NC(=O)Cn1c(-c2ccccn2)nc2ccccc21. The van der Waals surface area contributed by atoms with Crippen LogP contribution in [0, 0.1) is 0 Å². The number of rotatable bonds is 6. The molecular weight excluding hydrogens is 350 g/mol. The van der Waals surface area contributed by atoms with Gasteiger partial charge in [-0.1, -0.05) is 24.3 Å². The third-order valence-electron chi connectivity index (χ3n) is 4.50. The van der Waals surface area contributed by atoms with Crippen LogP contribution in [0.15, 0.2) is 73.1 Å². The van der Waals surface area contributed by atoms with Gasteiger partial charge in [0.05, 0.1) is 11.0 Å². The van der Waals surface area contributed by atoms with E-state index < -0.39 is 0 Å². The zero-order valence-corrected chi connectivity index (χ0v) is 15.6. The minimum atomic E-state index is -0.0660. The lowest BCUT2D eigenvalue weighted by molar-refractivity contribution is -0.122. The standard InChI is InChI=1S/C22H21N5O/c1-16(14-17-8-4-6-12-23-17)25-21(28)15-27-20-11-3-2-9-18(20)26-22(27)19-10-5-7-13-24-19/h2-13,16H,14-15H2,1H3,(H,25,28). The smallest absolute Gasteiger partial charge is 0.240 e. The van der Waals surface area contributed by atoms with Gasteiger partial charge in [-0.05, 0) is 43.3 Å². The van der Waals surface area contributed by atoms with Crippen LogP contribution in [0.3, 0.4) is 0 Å². The number of nitrogens with one attached hydrogen (secondary N) is 1. The Morgan fingerprint density at radius 1 is 1.00 bits per heavy atom. The third-order valence-corrected chi connectivity index (χ3v) is 4.50. The number of nitrogens with zero attached hydrogens (tertiary/aromatic N) is 4. The Morgan fingerprint density at radius 3 is 2.50 bits per heavy atom. The van der Waals surface area contributed by atoms with E-state index in [1.54, 1.807) is 12.4 Å². The molecule has 1 aromatic carbocycles. The molecule has 1 N–H and O–H groups in total. The minimum absolute atomic E-state index is 0.0181. The van der Waals surface area contributed by atoms with E-state index in [0.29, 0.717) is 12.2 Å². The van der Waals surface area contributed by atoms with E-state index in [1.165, 1.54) is 0 Å². The molecule has 3 aromatic heterocycles. The molecule has 0 saturated carbocycles. The number of fused-ring (bicyclic) bond motifs is 1. The number of carbonyl (C=O) groups excluding carboxylic acids is 1. The van der Waals surface area contributed by atoms with Crippen molar-refractivity contribution >= 4 is 16.9 Å². The van der Waals surface area contributed by atoms with Crippen molar-refractivity contribution in [1.29, 1.82) is 0 Å². The monoisotopic (exact) mass is 371 g/mol. The molecule has 3 heterocycles. The van der Waals surface area contributed by atoms with Gasteiger partial charge in [0.1, 0.15) is 12.2 Å². The van der Waals surface area contributed by atoms with E-state index in [1.807, 2.05) is 72.2 Å². The number of pyridine rings is 2. The molecule has 6 heteroatoms. The second-order valence-electron chi connectivity index (χ2n) is 6.72. The van der Waals surface area contributed by atoms with Gasteiger partial charge in [0.15, 0.2) is 5.82 Å². The molecule has 4 aromatic rings. The summed E-state index contributed by atoms with van der Waals surface area (Å²) in [6, 6.07) is 19.3. The summed E-state index contributed by atoms with van der Waals surface area (Å²) in [4.78, 5) is 26.2. The molecule has 0 bridgehead atoms. The van der Waals surface area contributed by atoms with Crippen molar-refractivity contribution in [2.75, 3.05) is 0 Å². The van der Waals surface area contributed by atoms with Gasteiger partial charge in [0.25, 0.3) is 0 Å². The highest BCUT2D eigenvalue weighted by Crippen LogP contribution is 2.23. The van der Waals surface area contributed by atoms with Crippen LogP contribution in [0.25, 0.3) is 22.6 Å². The average molecular weight is 371 g/mol. The molecule has 1 unspecified atom stereocenters. The van der Waals surface area contributed by atoms with E-state index in [0.717, 1.165) is 22.4 Å². The highest BCUT2D eigenvalue weighted by atomic mass is 16.2. The highest BCUT2D eigenvalue weighted by Gasteiger charge is 2.17. The largest absolute Gasteiger partial charge is 0.352 e. The van der Waals surface area contributed by atoms with Crippen LogP contribution in [0.1, 0.15) is 12.6 Å². The van der Waals surface area contributed by atoms with E-state index in [-0.39, 0.29) is 18.5 Å². The van der Waals surface area contributed by atoms with Gasteiger partial charge in [0, 0.05) is 30.6 Å². The maximum absolute atomic E-state index is 12.7. The molecule has 0 fully saturated rings. The zero-order chi connectivity index (χ0) is 19.3. The van der Waals surface area contributed by atoms with Gasteiger partial charge >= 0.3 is 0 Å². The van der Waals surface area contributed by atoms with E-state index >= 15 is 0 Å². The molecule has 1 amide bonds. The second kappa shape index (κ2) is 8.00. The minimum Gasteiger partial charge on any atom is -0.352 e. The number of para-hydroxylation sites is 2. The van der Waals surface area contributed by atoms with Crippen LogP contribution in [-0.2, 0) is 17.8 Å². The van der Waals surface area contributed by atoms with Crippen molar-refractivity contribution in [3.8, 4) is 11.5 Å². The van der Waals surface area contributed by atoms with E-state index in [2.05, 4.69) is 15.3 Å². The Kier molecular flexibility index (Phi) is 5.10. The van der Waals surface area contributed by atoms with Crippen molar-refractivity contribution in [3.63, 3.8) is 0 Å². The molecule has 0 aliphatic carbocycles. The number of amides is 1. The summed E-state index contributed by atoms with van der Waals surface area (Å²) in [5, 5.41) is 3.06. The molecule has 0 aliphatic rings. The van der Waals surface area contributed by atoms with E-state index in [4.69, 9.17) is 4.98 Å². The predicted molar refractivity (Wildman–Crippen MR) is 109 cm³/mol. The maximum atomic E-state index is 12.7. The van der Waals surface area contributed by atoms with E-state index in [9.17, 15) is 4.79 Å². The first-order chi connectivity index (χ1) is 13.7. The van der Waals surface area contributed by atoms with Crippen LogP contribution in [0.4, 0.5) is 0 Å². The molecule has 6 nitrogen and oxygen atoms in total. The van der Waals surface area contributed by atoms with Crippen LogP contribution < -0.4 is 5.32 Å². The summed E-state index contributed by atoms with van der Waals surface area (Å²) in [6.07, 6.45) is 4.18. The molecule has 0 saturated heterocycles. The summed E-state index contributed by atoms with van der Waals surface area (Å²) in [7, 11) is 0. The average Bonchev–Trinajstić information content (AvgIpc) is 3.08. The lowest BCUT2D eigenvalue weighted by Gasteiger charge is -2.15. The van der Waals surface area contributed by atoms with Crippen molar-refractivity contribution in [3.05, 3.63) is 78.8 Å². The fourth-order valence-corrected chi connectivity index (χ4v) is 3.27. The fraction of sp³-hybridized carbons (Fsp3) is 0.182. The van der Waals surface area contributed by atoms with Crippen LogP contribution in [0.5, 0.6) is 0 Å². The first-order valence-corrected chi connectivity index (χ1v) is 9.26. The number of hydrogen-bond donors (Lipinski definition) is 1. The number of aromatic nitrogens is 4. The summed E-state index contributed by atoms with van der Waals surface area (Å²) in [6.45, 7) is 2.16. The summed E-state index contributed by atoms with van der Waals surface area (Å²) in [5.41, 5.74) is 3.46. The second-order valence-corrected chi connectivity index (χ2v) is 6.72. The Bertz CT molecular complexity index is 1080. The quantitative estimate of drug-likeness (QED) is 0.565. The van der Waals surface area contributed by atoms with Crippen molar-refractivity contribution in [1.82, 2.24) is 24.8 Å². The molecule has 0 radical (unpaired) electrons. The number of benzene rings is 1. The third kappa shape index (κ3) is 3.91. The first kappa shape index (κ1) is 17.9. The molecule has 28 heavy (non-hydrogen) atoms. The summed E-state index contributed by atoms with van der Waals surface area (Å²) < 4.78 is 1.92. The van der Waals surface area contributed by atoms with Crippen molar-refractivity contribution in [2.24, 2.45) is 0 Å². The Hall–Kier alpha value is -3.54. The molecule has 4 rings (SSSR count). The van der Waals surface area contributed by atoms with Crippen molar-refractivity contribution < 1.29 is 4.79 Å². The molecule has 0 aliphatic heterocycles. The first-order valence-electron chi connectivity index (χ1n) is 9.26. The lowest BCUT2D eigenvalue weighted by Crippen LogP contribution is -2.36. The fourth-order valence-electron chi connectivity index (χ4n) is 3.27. The highest BCUT2D eigenvalue weighted by molar-refractivity contribution is 5.84. The van der Waals surface area contributed by atoms with Gasteiger partial charge in [-0.3, -0.25) is 14.8 Å². The van der Waals surface area contributed by atoms with Gasteiger partial charge in [0.2, 0.25) is 5.91 Å². The predicted octanol–water partition coefficient (Wildman–Crippen LogP) is 3.24. The Labute approximate surface area is 163 Å². The Morgan fingerprint density at radius 2 is 1.75 bits per heavy atom. The van der Waals surface area contributed by atoms with Gasteiger partial charge in [-0.2, -0.15) is 0 Å². The Balaban J connectivity index is 1.56. The zero-order valence-electron chi connectivity index (χ0n) is 15.6.